The van der Waals surface area contributed by atoms with Gasteiger partial charge in [0.1, 0.15) is 11.8 Å². The first-order valence-corrected chi connectivity index (χ1v) is 10.7. The fraction of sp³-hybridized carbons (Fsp3) is 0.435. The molecule has 0 radical (unpaired) electrons. The van der Waals surface area contributed by atoms with Crippen LogP contribution in [0.1, 0.15) is 56.1 Å². The van der Waals surface area contributed by atoms with Crippen molar-refractivity contribution in [1.29, 1.82) is 0 Å². The maximum atomic E-state index is 13.1. The molecule has 1 atom stereocenters. The van der Waals surface area contributed by atoms with Gasteiger partial charge in [-0.15, -0.1) is 13.2 Å². The Hall–Kier alpha value is -3.10. The van der Waals surface area contributed by atoms with E-state index in [2.05, 4.69) is 9.72 Å². The highest BCUT2D eigenvalue weighted by Gasteiger charge is 2.43. The number of rotatable bonds is 5. The number of halogens is 3. The number of pyridine rings is 1. The Morgan fingerprint density at radius 3 is 2.41 bits per heavy atom. The molecule has 1 aromatic carbocycles. The molecule has 0 N–H and O–H groups in total. The fourth-order valence-electron chi connectivity index (χ4n) is 4.49. The summed E-state index contributed by atoms with van der Waals surface area (Å²) < 4.78 is 41.0. The highest BCUT2D eigenvalue weighted by Crippen LogP contribution is 2.36. The molecule has 2 fully saturated rings. The van der Waals surface area contributed by atoms with Crippen molar-refractivity contribution in [2.45, 2.75) is 63.9 Å². The Balaban J connectivity index is 1.54. The van der Waals surface area contributed by atoms with Gasteiger partial charge in [0, 0.05) is 18.9 Å². The topological polar surface area (TPSA) is 62.7 Å². The summed E-state index contributed by atoms with van der Waals surface area (Å²) >= 11 is 0. The lowest BCUT2D eigenvalue weighted by atomic mass is 9.83. The molecule has 1 aliphatic heterocycles. The predicted octanol–water partition coefficient (Wildman–Crippen LogP) is 5.39. The van der Waals surface area contributed by atoms with Crippen molar-refractivity contribution in [2.24, 2.45) is 0 Å². The highest BCUT2D eigenvalue weighted by atomic mass is 19.4. The van der Waals surface area contributed by atoms with E-state index in [1.807, 2.05) is 12.3 Å². The number of carbonyl (C=O) groups is 2. The minimum Gasteiger partial charge on any atom is -0.406 e. The second kappa shape index (κ2) is 8.80. The number of aromatic nitrogens is 1. The van der Waals surface area contributed by atoms with E-state index in [9.17, 15) is 22.8 Å². The van der Waals surface area contributed by atoms with Gasteiger partial charge in [0.05, 0.1) is 5.69 Å². The third-order valence-corrected chi connectivity index (χ3v) is 6.14. The van der Waals surface area contributed by atoms with Gasteiger partial charge in [0.15, 0.2) is 0 Å². The van der Waals surface area contributed by atoms with Crippen molar-refractivity contribution in [3.8, 4) is 5.75 Å². The molecule has 1 saturated heterocycles. The van der Waals surface area contributed by atoms with Gasteiger partial charge >= 0.3 is 12.4 Å². The largest absolute Gasteiger partial charge is 0.573 e. The molecule has 3 amide bonds. The summed E-state index contributed by atoms with van der Waals surface area (Å²) in [5.74, 6) is -0.444. The predicted molar refractivity (Wildman–Crippen MR) is 111 cm³/mol. The van der Waals surface area contributed by atoms with E-state index in [0.29, 0.717) is 5.92 Å². The van der Waals surface area contributed by atoms with E-state index in [1.54, 1.807) is 13.1 Å². The molecular formula is C23H24F3N3O3. The van der Waals surface area contributed by atoms with Gasteiger partial charge in [-0.05, 0) is 67.1 Å². The van der Waals surface area contributed by atoms with Gasteiger partial charge in [0.25, 0.3) is 5.91 Å². The number of anilines is 1. The molecular weight excluding hydrogens is 423 g/mol. The van der Waals surface area contributed by atoms with Gasteiger partial charge in [-0.2, -0.15) is 0 Å². The number of ether oxygens (including phenoxy) is 1. The van der Waals surface area contributed by atoms with Gasteiger partial charge in [-0.3, -0.25) is 9.78 Å². The zero-order valence-corrected chi connectivity index (χ0v) is 17.6. The third-order valence-electron chi connectivity index (χ3n) is 6.14. The smallest absolute Gasteiger partial charge is 0.406 e. The third kappa shape index (κ3) is 4.56. The number of benzene rings is 1. The summed E-state index contributed by atoms with van der Waals surface area (Å²) in [5, 5.41) is 0. The molecule has 2 aliphatic rings. The Bertz CT molecular complexity index is 988. The van der Waals surface area contributed by atoms with Crippen molar-refractivity contribution in [3.05, 3.63) is 53.9 Å². The number of alkyl halides is 3. The Kier molecular flexibility index (Phi) is 6.08. The lowest BCUT2D eigenvalue weighted by molar-refractivity contribution is -0.274. The lowest BCUT2D eigenvalue weighted by Crippen LogP contribution is -2.34. The molecule has 32 heavy (non-hydrogen) atoms. The molecule has 170 valence electrons. The van der Waals surface area contributed by atoms with Crippen molar-refractivity contribution in [1.82, 2.24) is 9.88 Å². The fourth-order valence-corrected chi connectivity index (χ4v) is 4.49. The van der Waals surface area contributed by atoms with Crippen LogP contribution in [0.3, 0.4) is 0 Å². The quantitative estimate of drug-likeness (QED) is 0.577. The van der Waals surface area contributed by atoms with E-state index in [-0.39, 0.29) is 12.2 Å². The SMILES string of the molecule is CC1C(=O)N(c2ccc(OC(F)(F)F)cc2)C(=O)N1Cc1ccncc1C1CCCCC1. The zero-order valence-electron chi connectivity index (χ0n) is 17.6. The molecule has 0 bridgehead atoms. The van der Waals surface area contributed by atoms with E-state index in [0.717, 1.165) is 41.0 Å². The molecule has 0 spiro atoms. The molecule has 6 nitrogen and oxygen atoms in total. The Labute approximate surface area is 184 Å². The van der Waals surface area contributed by atoms with Crippen LogP contribution in [-0.2, 0) is 11.3 Å². The molecule has 1 saturated carbocycles. The molecule has 4 rings (SSSR count). The van der Waals surface area contributed by atoms with E-state index < -0.39 is 30.1 Å². The summed E-state index contributed by atoms with van der Waals surface area (Å²) in [6.07, 6.45) is 4.45. The number of carbonyl (C=O) groups excluding carboxylic acids is 2. The van der Waals surface area contributed by atoms with E-state index in [1.165, 1.54) is 36.3 Å². The lowest BCUT2D eigenvalue weighted by Gasteiger charge is -2.26. The van der Waals surface area contributed by atoms with Crippen LogP contribution in [0.25, 0.3) is 0 Å². The van der Waals surface area contributed by atoms with Gasteiger partial charge in [0.2, 0.25) is 0 Å². The van der Waals surface area contributed by atoms with Crippen LogP contribution in [0.2, 0.25) is 0 Å². The average molecular weight is 447 g/mol. The van der Waals surface area contributed by atoms with Gasteiger partial charge in [-0.1, -0.05) is 19.3 Å². The Morgan fingerprint density at radius 2 is 1.75 bits per heavy atom. The molecule has 2 heterocycles. The number of nitrogens with zero attached hydrogens (tertiary/aromatic N) is 3. The van der Waals surface area contributed by atoms with Crippen LogP contribution >= 0.6 is 0 Å². The molecule has 9 heteroatoms. The maximum absolute atomic E-state index is 13.1. The van der Waals surface area contributed by atoms with Gasteiger partial charge < -0.3 is 9.64 Å². The Morgan fingerprint density at radius 1 is 1.06 bits per heavy atom. The first-order valence-electron chi connectivity index (χ1n) is 10.7. The molecule has 1 aromatic heterocycles. The van der Waals surface area contributed by atoms with Crippen LogP contribution in [0.5, 0.6) is 5.75 Å². The van der Waals surface area contributed by atoms with Gasteiger partial charge in [-0.25, -0.2) is 9.69 Å². The van der Waals surface area contributed by atoms with Crippen molar-refractivity contribution >= 4 is 17.6 Å². The summed E-state index contributed by atoms with van der Waals surface area (Å²) in [6.45, 7) is 1.93. The summed E-state index contributed by atoms with van der Waals surface area (Å²) in [5.41, 5.74) is 2.29. The number of hydrogen-bond donors (Lipinski definition) is 0. The second-order valence-corrected chi connectivity index (χ2v) is 8.21. The maximum Gasteiger partial charge on any atom is 0.573 e. The standard InChI is InChI=1S/C23H24F3N3O3/c1-15-21(30)29(18-7-9-19(10-8-18)32-23(24,25)26)22(31)28(15)14-17-11-12-27-13-20(17)16-5-3-2-4-6-16/h7-13,15-16H,2-6,14H2,1H3. The summed E-state index contributed by atoms with van der Waals surface area (Å²) in [4.78, 5) is 32.8. The minimum absolute atomic E-state index is 0.200. The van der Waals surface area contributed by atoms with Crippen LogP contribution in [0.15, 0.2) is 42.7 Å². The molecule has 1 aliphatic carbocycles. The number of imide groups is 1. The normalized spacial score (nSPS) is 20.2. The molecule has 1 unspecified atom stereocenters. The van der Waals surface area contributed by atoms with Crippen molar-refractivity contribution in [2.75, 3.05) is 4.90 Å². The van der Waals surface area contributed by atoms with Crippen molar-refractivity contribution in [3.63, 3.8) is 0 Å². The van der Waals surface area contributed by atoms with E-state index >= 15 is 0 Å². The van der Waals surface area contributed by atoms with Crippen molar-refractivity contribution < 1.29 is 27.5 Å². The van der Waals surface area contributed by atoms with E-state index in [4.69, 9.17) is 0 Å². The first kappa shape index (κ1) is 22.1. The second-order valence-electron chi connectivity index (χ2n) is 8.21. The van der Waals surface area contributed by atoms with Crippen LogP contribution in [0, 0.1) is 0 Å². The average Bonchev–Trinajstić information content (AvgIpc) is 2.97. The monoisotopic (exact) mass is 447 g/mol. The number of amides is 3. The first-order chi connectivity index (χ1) is 15.2. The number of urea groups is 1. The summed E-state index contributed by atoms with van der Waals surface area (Å²) in [7, 11) is 0. The zero-order chi connectivity index (χ0) is 22.9. The number of hydrogen-bond acceptors (Lipinski definition) is 4. The highest BCUT2D eigenvalue weighted by molar-refractivity contribution is 6.21. The van der Waals surface area contributed by atoms with Crippen LogP contribution in [0.4, 0.5) is 23.7 Å². The summed E-state index contributed by atoms with van der Waals surface area (Å²) in [6, 6.07) is 5.40. The molecule has 2 aromatic rings. The van der Waals surface area contributed by atoms with Crippen LogP contribution < -0.4 is 9.64 Å². The van der Waals surface area contributed by atoms with Crippen LogP contribution in [-0.4, -0.2) is 34.2 Å². The minimum atomic E-state index is -4.81.